The maximum atomic E-state index is 12.7. The molecule has 8 heteroatoms. The molecule has 34 heavy (non-hydrogen) atoms. The molecule has 1 unspecified atom stereocenters. The molecule has 0 spiro atoms. The van der Waals surface area contributed by atoms with Gasteiger partial charge in [-0.15, -0.1) is 23.1 Å². The van der Waals surface area contributed by atoms with Crippen molar-refractivity contribution in [2.24, 2.45) is 0 Å². The summed E-state index contributed by atoms with van der Waals surface area (Å²) in [5.74, 6) is -0.0785. The maximum absolute atomic E-state index is 12.7. The molecule has 0 fully saturated rings. The van der Waals surface area contributed by atoms with E-state index in [1.54, 1.807) is 0 Å². The molecule has 5 nitrogen and oxygen atoms in total. The fraction of sp³-hybridized carbons (Fsp3) is 0.115. The topological polar surface area (TPSA) is 66.1 Å². The minimum Gasteiger partial charge on any atom is -0.332 e. The van der Waals surface area contributed by atoms with E-state index in [4.69, 9.17) is 12.2 Å². The molecule has 0 saturated heterocycles. The van der Waals surface area contributed by atoms with Gasteiger partial charge in [0.25, 0.3) is 0 Å². The Morgan fingerprint density at radius 3 is 2.24 bits per heavy atom. The maximum Gasteiger partial charge on any atom is 0.239 e. The number of carbonyl (C=O) groups excluding carboxylic acids is 1. The summed E-state index contributed by atoms with van der Waals surface area (Å²) in [6.07, 6.45) is 0. The highest BCUT2D eigenvalue weighted by atomic mass is 32.2. The van der Waals surface area contributed by atoms with Crippen molar-refractivity contribution in [1.82, 2.24) is 4.98 Å². The third-order valence-electron chi connectivity index (χ3n) is 4.91. The van der Waals surface area contributed by atoms with Crippen LogP contribution in [0.25, 0.3) is 11.3 Å². The monoisotopic (exact) mass is 504 g/mol. The highest BCUT2D eigenvalue weighted by molar-refractivity contribution is 8.00. The molecule has 0 radical (unpaired) electrons. The van der Waals surface area contributed by atoms with Crippen molar-refractivity contribution < 1.29 is 4.79 Å². The van der Waals surface area contributed by atoms with Crippen molar-refractivity contribution in [3.8, 4) is 11.3 Å². The number of aryl methyl sites for hydroxylation is 1. The molecule has 0 aliphatic heterocycles. The molecule has 4 rings (SSSR count). The second-order valence-corrected chi connectivity index (χ2v) is 10.3. The molecule has 3 aromatic carbocycles. The first-order valence-corrected chi connectivity index (χ1v) is 12.9. The minimum atomic E-state index is -0.272. The number of amides is 1. The van der Waals surface area contributed by atoms with Crippen LogP contribution in [0, 0.1) is 6.92 Å². The second-order valence-electron chi connectivity index (χ2n) is 7.62. The zero-order valence-corrected chi connectivity index (χ0v) is 21.2. The van der Waals surface area contributed by atoms with Crippen LogP contribution >= 0.6 is 35.3 Å². The number of hydrogen-bond donors (Lipinski definition) is 3. The van der Waals surface area contributed by atoms with E-state index in [0.29, 0.717) is 10.2 Å². The average Bonchev–Trinajstić information content (AvgIpc) is 3.30. The Bertz CT molecular complexity index is 1260. The van der Waals surface area contributed by atoms with E-state index in [-0.39, 0.29) is 11.2 Å². The molecule has 0 saturated carbocycles. The van der Waals surface area contributed by atoms with Crippen LogP contribution in [-0.2, 0) is 4.79 Å². The van der Waals surface area contributed by atoms with E-state index >= 15 is 0 Å². The molecule has 4 aromatic rings. The SMILES string of the molecule is Cc1ccc(-c2csc(NC(=O)C(C)Sc3ccc(NC(=S)Nc4ccccc4)cc3)n2)cc1. The number of rotatable bonds is 7. The number of hydrogen-bond acceptors (Lipinski definition) is 5. The summed E-state index contributed by atoms with van der Waals surface area (Å²) < 4.78 is 0. The van der Waals surface area contributed by atoms with Crippen LogP contribution in [0.1, 0.15) is 12.5 Å². The van der Waals surface area contributed by atoms with Crippen LogP contribution < -0.4 is 16.0 Å². The zero-order chi connectivity index (χ0) is 23.9. The van der Waals surface area contributed by atoms with Crippen molar-refractivity contribution in [1.29, 1.82) is 0 Å². The van der Waals surface area contributed by atoms with Gasteiger partial charge in [0, 0.05) is 27.2 Å². The Morgan fingerprint density at radius 1 is 0.912 bits per heavy atom. The quantitative estimate of drug-likeness (QED) is 0.185. The molecular weight excluding hydrogens is 481 g/mol. The molecule has 0 aliphatic rings. The Hall–Kier alpha value is -3.20. The van der Waals surface area contributed by atoms with Crippen molar-refractivity contribution >= 4 is 62.8 Å². The van der Waals surface area contributed by atoms with E-state index in [1.165, 1.54) is 28.7 Å². The normalized spacial score (nSPS) is 11.5. The number of benzene rings is 3. The number of aromatic nitrogens is 1. The van der Waals surface area contributed by atoms with Crippen LogP contribution in [0.4, 0.5) is 16.5 Å². The number of thiazole rings is 1. The van der Waals surface area contributed by atoms with Gasteiger partial charge in [-0.2, -0.15) is 0 Å². The smallest absolute Gasteiger partial charge is 0.239 e. The fourth-order valence-corrected chi connectivity index (χ4v) is 4.91. The molecule has 1 amide bonds. The van der Waals surface area contributed by atoms with Gasteiger partial charge in [0.2, 0.25) is 5.91 Å². The van der Waals surface area contributed by atoms with E-state index in [9.17, 15) is 4.79 Å². The molecule has 3 N–H and O–H groups in total. The van der Waals surface area contributed by atoms with Gasteiger partial charge in [0.1, 0.15) is 0 Å². The Morgan fingerprint density at radius 2 is 1.56 bits per heavy atom. The molecule has 0 aliphatic carbocycles. The number of nitrogens with zero attached hydrogens (tertiary/aromatic N) is 1. The van der Waals surface area contributed by atoms with E-state index in [2.05, 4.69) is 40.0 Å². The summed E-state index contributed by atoms with van der Waals surface area (Å²) >= 11 is 8.29. The standard InChI is InChI=1S/C26H24N4OS3/c1-17-8-10-19(11-9-17)23-16-33-26(29-23)30-24(31)18(2)34-22-14-12-21(13-15-22)28-25(32)27-20-6-4-3-5-7-20/h3-16,18H,1-2H3,(H2,27,28,32)(H,29,30,31). The molecule has 1 heterocycles. The summed E-state index contributed by atoms with van der Waals surface area (Å²) in [6.45, 7) is 3.94. The zero-order valence-electron chi connectivity index (χ0n) is 18.7. The number of carbonyl (C=O) groups is 1. The summed E-state index contributed by atoms with van der Waals surface area (Å²) in [5.41, 5.74) is 4.91. The lowest BCUT2D eigenvalue weighted by Crippen LogP contribution is -2.22. The van der Waals surface area contributed by atoms with Crippen LogP contribution in [-0.4, -0.2) is 21.3 Å². The van der Waals surface area contributed by atoms with Gasteiger partial charge < -0.3 is 16.0 Å². The predicted octanol–water partition coefficient (Wildman–Crippen LogP) is 7.05. The van der Waals surface area contributed by atoms with Gasteiger partial charge in [-0.25, -0.2) is 4.98 Å². The van der Waals surface area contributed by atoms with Gasteiger partial charge >= 0.3 is 0 Å². The first kappa shape index (κ1) is 23.9. The lowest BCUT2D eigenvalue weighted by atomic mass is 10.1. The van der Waals surface area contributed by atoms with Crippen LogP contribution in [0.15, 0.2) is 89.1 Å². The number of nitrogens with one attached hydrogen (secondary N) is 3. The van der Waals surface area contributed by atoms with Gasteiger partial charge in [-0.3, -0.25) is 4.79 Å². The van der Waals surface area contributed by atoms with E-state index < -0.39 is 0 Å². The summed E-state index contributed by atoms with van der Waals surface area (Å²) in [4.78, 5) is 18.2. The predicted molar refractivity (Wildman–Crippen MR) is 149 cm³/mol. The largest absolute Gasteiger partial charge is 0.332 e. The van der Waals surface area contributed by atoms with Gasteiger partial charge in [-0.1, -0.05) is 48.0 Å². The lowest BCUT2D eigenvalue weighted by molar-refractivity contribution is -0.115. The highest BCUT2D eigenvalue weighted by Gasteiger charge is 2.16. The molecule has 172 valence electrons. The second kappa shape index (κ2) is 11.3. The molecule has 1 aromatic heterocycles. The first-order chi connectivity index (χ1) is 16.5. The van der Waals surface area contributed by atoms with Gasteiger partial charge in [-0.05, 0) is 62.5 Å². The lowest BCUT2D eigenvalue weighted by Gasteiger charge is -2.12. The molecule has 0 bridgehead atoms. The van der Waals surface area contributed by atoms with E-state index in [0.717, 1.165) is 27.5 Å². The Labute approximate surface area is 213 Å². The van der Waals surface area contributed by atoms with Crippen LogP contribution in [0.3, 0.4) is 0 Å². The minimum absolute atomic E-state index is 0.0785. The number of thiocarbonyl (C=S) groups is 1. The number of para-hydroxylation sites is 1. The average molecular weight is 505 g/mol. The van der Waals surface area contributed by atoms with Crippen molar-refractivity contribution in [2.75, 3.05) is 16.0 Å². The third kappa shape index (κ3) is 6.66. The summed E-state index contributed by atoms with van der Waals surface area (Å²) in [7, 11) is 0. The number of anilines is 3. The number of thioether (sulfide) groups is 1. The summed E-state index contributed by atoms with van der Waals surface area (Å²) in [6, 6.07) is 25.8. The van der Waals surface area contributed by atoms with Crippen molar-refractivity contribution in [3.05, 3.63) is 89.8 Å². The third-order valence-corrected chi connectivity index (χ3v) is 6.98. The molecular formula is C26H24N4OS3. The van der Waals surface area contributed by atoms with E-state index in [1.807, 2.05) is 79.0 Å². The van der Waals surface area contributed by atoms with Crippen molar-refractivity contribution in [2.45, 2.75) is 24.0 Å². The summed E-state index contributed by atoms with van der Waals surface area (Å²) in [5, 5.41) is 12.1. The first-order valence-electron chi connectivity index (χ1n) is 10.7. The highest BCUT2D eigenvalue weighted by Crippen LogP contribution is 2.28. The van der Waals surface area contributed by atoms with Gasteiger partial charge in [0.05, 0.1) is 10.9 Å². The van der Waals surface area contributed by atoms with Crippen LogP contribution in [0.2, 0.25) is 0 Å². The van der Waals surface area contributed by atoms with Gasteiger partial charge in [0.15, 0.2) is 10.2 Å². The Balaban J connectivity index is 1.28. The molecule has 1 atom stereocenters. The fourth-order valence-electron chi connectivity index (χ4n) is 3.08. The Kier molecular flexibility index (Phi) is 7.95. The van der Waals surface area contributed by atoms with Crippen molar-refractivity contribution in [3.63, 3.8) is 0 Å². The van der Waals surface area contributed by atoms with Crippen LogP contribution in [0.5, 0.6) is 0 Å².